The molecule has 0 radical (unpaired) electrons. The molecule has 0 aliphatic carbocycles. The number of nitrogens with zero attached hydrogens (tertiary/aromatic N) is 1. The molecule has 5 nitrogen and oxygen atoms in total. The quantitative estimate of drug-likeness (QED) is 0.241. The molecule has 0 N–H and O–H groups in total. The van der Waals surface area contributed by atoms with Crippen molar-refractivity contribution >= 4 is 45.3 Å². The summed E-state index contributed by atoms with van der Waals surface area (Å²) in [6.45, 7) is 1.78. The van der Waals surface area contributed by atoms with Crippen LogP contribution in [0.25, 0.3) is 6.08 Å². The van der Waals surface area contributed by atoms with E-state index < -0.39 is 10.9 Å². The number of benzene rings is 2. The van der Waals surface area contributed by atoms with Crippen LogP contribution in [0.1, 0.15) is 11.1 Å². The number of hydrogen-bond acceptors (Lipinski definition) is 4. The van der Waals surface area contributed by atoms with Gasteiger partial charge in [-0.25, -0.2) is 4.79 Å². The molecule has 0 atom stereocenters. The molecule has 2 rings (SSSR count). The molecule has 0 aromatic heterocycles. The summed E-state index contributed by atoms with van der Waals surface area (Å²) in [6.07, 6.45) is 2.74. The summed E-state index contributed by atoms with van der Waals surface area (Å²) in [5.41, 5.74) is 1.36. The Morgan fingerprint density at radius 2 is 1.96 bits per heavy atom. The van der Waals surface area contributed by atoms with Crippen molar-refractivity contribution in [3.05, 3.63) is 73.2 Å². The lowest BCUT2D eigenvalue weighted by atomic mass is 10.2. The molecule has 0 saturated heterocycles. The van der Waals surface area contributed by atoms with Gasteiger partial charge in [0.25, 0.3) is 5.69 Å². The summed E-state index contributed by atoms with van der Waals surface area (Å²) < 4.78 is 6.02. The Hall–Kier alpha value is -2.18. The lowest BCUT2D eigenvalue weighted by Gasteiger charge is -2.08. The van der Waals surface area contributed by atoms with Crippen LogP contribution in [0, 0.1) is 17.0 Å². The number of non-ortho nitro benzene ring substituents is 1. The molecular formula is C16H11BrClNO4. The molecular weight excluding hydrogens is 386 g/mol. The van der Waals surface area contributed by atoms with Gasteiger partial charge in [-0.3, -0.25) is 10.1 Å². The monoisotopic (exact) mass is 395 g/mol. The van der Waals surface area contributed by atoms with E-state index in [2.05, 4.69) is 15.9 Å². The minimum Gasteiger partial charge on any atom is -0.421 e. The van der Waals surface area contributed by atoms with E-state index in [1.165, 1.54) is 24.3 Å². The Labute approximate surface area is 145 Å². The highest BCUT2D eigenvalue weighted by Crippen LogP contribution is 2.32. The number of nitro benzene ring substituents is 1. The van der Waals surface area contributed by atoms with Crippen LogP contribution in [0.3, 0.4) is 0 Å². The van der Waals surface area contributed by atoms with Gasteiger partial charge in [0.1, 0.15) is 0 Å². The van der Waals surface area contributed by atoms with Gasteiger partial charge in [0.05, 0.1) is 9.95 Å². The van der Waals surface area contributed by atoms with Gasteiger partial charge in [0, 0.05) is 22.7 Å². The second kappa shape index (κ2) is 7.39. The van der Waals surface area contributed by atoms with Crippen LogP contribution in [-0.4, -0.2) is 10.9 Å². The summed E-state index contributed by atoms with van der Waals surface area (Å²) in [6, 6.07) is 9.23. The first-order valence-electron chi connectivity index (χ1n) is 6.47. The van der Waals surface area contributed by atoms with Gasteiger partial charge < -0.3 is 4.74 Å². The normalized spacial score (nSPS) is 10.7. The zero-order valence-corrected chi connectivity index (χ0v) is 14.3. The summed E-state index contributed by atoms with van der Waals surface area (Å²) in [5, 5.41) is 10.9. The Morgan fingerprint density at radius 1 is 1.30 bits per heavy atom. The largest absolute Gasteiger partial charge is 0.421 e. The Bertz CT molecular complexity index is 764. The number of nitro groups is 1. The molecule has 0 bridgehead atoms. The van der Waals surface area contributed by atoms with Crippen molar-refractivity contribution in [1.82, 2.24) is 0 Å². The molecule has 2 aromatic carbocycles. The number of rotatable bonds is 4. The zero-order valence-electron chi connectivity index (χ0n) is 12.0. The fraction of sp³-hybridized carbons (Fsp3) is 0.0625. The number of ether oxygens (including phenoxy) is 1. The van der Waals surface area contributed by atoms with Gasteiger partial charge >= 0.3 is 5.97 Å². The molecule has 23 heavy (non-hydrogen) atoms. The van der Waals surface area contributed by atoms with Crippen LogP contribution >= 0.6 is 27.5 Å². The average molecular weight is 397 g/mol. The first kappa shape index (κ1) is 17.2. The maximum atomic E-state index is 11.9. The van der Waals surface area contributed by atoms with Gasteiger partial charge in [-0.1, -0.05) is 27.5 Å². The lowest BCUT2D eigenvalue weighted by Crippen LogP contribution is -2.05. The molecule has 0 aliphatic rings. The third-order valence-corrected chi connectivity index (χ3v) is 3.65. The summed E-state index contributed by atoms with van der Waals surface area (Å²) in [5.74, 6) is -0.288. The minimum atomic E-state index is -0.587. The Morgan fingerprint density at radius 3 is 2.52 bits per heavy atom. The third kappa shape index (κ3) is 4.64. The fourth-order valence-electron chi connectivity index (χ4n) is 1.82. The molecule has 0 spiro atoms. The Kier molecular flexibility index (Phi) is 5.52. The molecule has 0 amide bonds. The number of carbonyl (C=O) groups excluding carboxylic acids is 1. The first-order valence-corrected chi connectivity index (χ1v) is 7.64. The molecule has 0 unspecified atom stereocenters. The highest BCUT2D eigenvalue weighted by atomic mass is 79.9. The van der Waals surface area contributed by atoms with E-state index in [1.807, 2.05) is 0 Å². The van der Waals surface area contributed by atoms with E-state index in [0.29, 0.717) is 16.3 Å². The minimum absolute atomic E-state index is 0.0120. The van der Waals surface area contributed by atoms with Crippen LogP contribution < -0.4 is 4.74 Å². The molecule has 0 aliphatic heterocycles. The third-order valence-electron chi connectivity index (χ3n) is 2.91. The van der Waals surface area contributed by atoms with Gasteiger partial charge in [-0.2, -0.15) is 0 Å². The lowest BCUT2D eigenvalue weighted by molar-refractivity contribution is -0.384. The van der Waals surface area contributed by atoms with Crippen molar-refractivity contribution < 1.29 is 14.5 Å². The maximum absolute atomic E-state index is 11.9. The van der Waals surface area contributed by atoms with E-state index in [0.717, 1.165) is 10.0 Å². The molecule has 118 valence electrons. The highest BCUT2D eigenvalue weighted by Gasteiger charge is 2.10. The smallest absolute Gasteiger partial charge is 0.336 e. The topological polar surface area (TPSA) is 69.4 Å². The van der Waals surface area contributed by atoms with E-state index in [4.69, 9.17) is 16.3 Å². The summed E-state index contributed by atoms with van der Waals surface area (Å²) in [4.78, 5) is 21.9. The second-order valence-electron chi connectivity index (χ2n) is 4.64. The van der Waals surface area contributed by atoms with Gasteiger partial charge in [-0.05, 0) is 48.4 Å². The van der Waals surface area contributed by atoms with Crippen LogP contribution in [-0.2, 0) is 4.79 Å². The molecule has 0 fully saturated rings. The van der Waals surface area contributed by atoms with Crippen LogP contribution in [0.2, 0.25) is 5.02 Å². The average Bonchev–Trinajstić information content (AvgIpc) is 2.49. The fourth-order valence-corrected chi connectivity index (χ4v) is 2.83. The first-order chi connectivity index (χ1) is 10.9. The number of hydrogen-bond donors (Lipinski definition) is 0. The standard InChI is InChI=1S/C16H11BrClNO4/c1-10-8-12(17)9-14(18)16(10)23-15(20)7-4-11-2-5-13(6-3-11)19(21)22/h2-9H,1H3. The molecule has 0 heterocycles. The molecule has 2 aromatic rings. The Balaban J connectivity index is 2.09. The summed E-state index contributed by atoms with van der Waals surface area (Å²) >= 11 is 9.35. The van der Waals surface area contributed by atoms with E-state index in [-0.39, 0.29) is 5.69 Å². The predicted molar refractivity (Wildman–Crippen MR) is 91.7 cm³/mol. The predicted octanol–water partition coefficient (Wildman–Crippen LogP) is 4.94. The van der Waals surface area contributed by atoms with Crippen LogP contribution in [0.15, 0.2) is 46.9 Å². The highest BCUT2D eigenvalue weighted by molar-refractivity contribution is 9.10. The van der Waals surface area contributed by atoms with Gasteiger partial charge in [-0.15, -0.1) is 0 Å². The van der Waals surface area contributed by atoms with Crippen LogP contribution in [0.4, 0.5) is 5.69 Å². The van der Waals surface area contributed by atoms with E-state index in [1.54, 1.807) is 31.2 Å². The van der Waals surface area contributed by atoms with Crippen molar-refractivity contribution in [3.8, 4) is 5.75 Å². The molecule has 0 saturated carbocycles. The van der Waals surface area contributed by atoms with Crippen molar-refractivity contribution in [2.45, 2.75) is 6.92 Å². The summed E-state index contributed by atoms with van der Waals surface area (Å²) in [7, 11) is 0. The van der Waals surface area contributed by atoms with E-state index >= 15 is 0 Å². The van der Waals surface area contributed by atoms with Crippen molar-refractivity contribution in [1.29, 1.82) is 0 Å². The SMILES string of the molecule is Cc1cc(Br)cc(Cl)c1OC(=O)C=Cc1ccc([N+](=O)[O-])cc1. The van der Waals surface area contributed by atoms with Crippen molar-refractivity contribution in [2.75, 3.05) is 0 Å². The zero-order chi connectivity index (χ0) is 17.0. The van der Waals surface area contributed by atoms with Crippen molar-refractivity contribution in [3.63, 3.8) is 0 Å². The number of halogens is 2. The second-order valence-corrected chi connectivity index (χ2v) is 5.96. The maximum Gasteiger partial charge on any atom is 0.336 e. The number of carbonyl (C=O) groups is 1. The van der Waals surface area contributed by atoms with Crippen molar-refractivity contribution in [2.24, 2.45) is 0 Å². The van der Waals surface area contributed by atoms with Gasteiger partial charge in [0.15, 0.2) is 5.75 Å². The van der Waals surface area contributed by atoms with E-state index in [9.17, 15) is 14.9 Å². The number of esters is 1. The van der Waals surface area contributed by atoms with Crippen LogP contribution in [0.5, 0.6) is 5.75 Å². The molecule has 7 heteroatoms. The van der Waals surface area contributed by atoms with Gasteiger partial charge in [0.2, 0.25) is 0 Å². The number of aryl methyl sites for hydroxylation is 1.